The van der Waals surface area contributed by atoms with Crippen molar-refractivity contribution >= 4 is 22.7 Å². The lowest BCUT2D eigenvalue weighted by atomic mass is 9.75. The van der Waals surface area contributed by atoms with Gasteiger partial charge in [0.25, 0.3) is 5.69 Å². The van der Waals surface area contributed by atoms with Crippen LogP contribution in [0.3, 0.4) is 0 Å². The van der Waals surface area contributed by atoms with E-state index in [0.29, 0.717) is 34.7 Å². The van der Waals surface area contributed by atoms with Crippen LogP contribution in [0, 0.1) is 27.9 Å². The summed E-state index contributed by atoms with van der Waals surface area (Å²) in [5.41, 5.74) is 1.76. The second-order valence-corrected chi connectivity index (χ2v) is 9.14. The molecule has 32 heavy (non-hydrogen) atoms. The summed E-state index contributed by atoms with van der Waals surface area (Å²) < 4.78 is 7.74. The van der Waals surface area contributed by atoms with Gasteiger partial charge in [-0.25, -0.2) is 4.98 Å². The van der Waals surface area contributed by atoms with Gasteiger partial charge in [-0.2, -0.15) is 0 Å². The van der Waals surface area contributed by atoms with Crippen molar-refractivity contribution in [2.24, 2.45) is 17.8 Å². The van der Waals surface area contributed by atoms with E-state index in [-0.39, 0.29) is 24.3 Å². The highest BCUT2D eigenvalue weighted by Crippen LogP contribution is 2.36. The normalized spacial score (nSPS) is 21.1. The molecule has 0 spiro atoms. The van der Waals surface area contributed by atoms with E-state index in [1.165, 1.54) is 6.07 Å². The fraction of sp³-hybridized carbons (Fsp3) is 0.440. The van der Waals surface area contributed by atoms with Gasteiger partial charge < -0.3 is 9.30 Å². The summed E-state index contributed by atoms with van der Waals surface area (Å²) in [5.74, 6) is 1.38. The van der Waals surface area contributed by atoms with Crippen LogP contribution in [0.2, 0.25) is 0 Å². The third-order valence-corrected chi connectivity index (χ3v) is 6.53. The third kappa shape index (κ3) is 4.38. The fourth-order valence-corrected chi connectivity index (χ4v) is 4.85. The average Bonchev–Trinajstić information content (AvgIpc) is 3.11. The summed E-state index contributed by atoms with van der Waals surface area (Å²) in [7, 11) is 0. The highest BCUT2D eigenvalue weighted by molar-refractivity contribution is 5.84. The molecule has 1 saturated carbocycles. The van der Waals surface area contributed by atoms with E-state index >= 15 is 0 Å². The second kappa shape index (κ2) is 9.10. The van der Waals surface area contributed by atoms with Gasteiger partial charge in [-0.3, -0.25) is 14.9 Å². The molecular weight excluding hydrogens is 406 g/mol. The molecule has 4 rings (SSSR count). The van der Waals surface area contributed by atoms with Crippen molar-refractivity contribution < 1.29 is 14.5 Å². The highest BCUT2D eigenvalue weighted by Gasteiger charge is 2.33. The van der Waals surface area contributed by atoms with Gasteiger partial charge in [0.15, 0.2) is 0 Å². The molecule has 0 N–H and O–H groups in total. The number of aromatic nitrogens is 2. The van der Waals surface area contributed by atoms with Crippen molar-refractivity contribution in [1.29, 1.82) is 0 Å². The molecule has 0 saturated heterocycles. The van der Waals surface area contributed by atoms with E-state index in [0.717, 1.165) is 24.8 Å². The molecule has 2 aromatic carbocycles. The van der Waals surface area contributed by atoms with Crippen molar-refractivity contribution in [1.82, 2.24) is 9.55 Å². The number of carbonyl (C=O) groups excluding carboxylic acids is 1. The molecule has 0 radical (unpaired) electrons. The molecule has 1 aromatic heterocycles. The minimum absolute atomic E-state index is 0.0431. The lowest BCUT2D eigenvalue weighted by Gasteiger charge is -2.36. The minimum Gasteiger partial charge on any atom is -0.461 e. The number of nitro groups is 1. The SMILES string of the molecule is CC(C)[C@@H]1CC[C@@H](C)CC1OC(=O)Cn1c(-c2ccccc2[N+](=O)[O-])nc2ccccc21. The Morgan fingerprint density at radius 3 is 2.66 bits per heavy atom. The molecule has 1 aliphatic rings. The maximum absolute atomic E-state index is 13.1. The Hall–Kier alpha value is -3.22. The Morgan fingerprint density at radius 1 is 1.19 bits per heavy atom. The van der Waals surface area contributed by atoms with Crippen LogP contribution in [0.1, 0.15) is 40.0 Å². The van der Waals surface area contributed by atoms with Gasteiger partial charge in [0, 0.05) is 6.07 Å². The molecular formula is C25H29N3O4. The quantitative estimate of drug-likeness (QED) is 0.285. The molecule has 0 aliphatic heterocycles. The Morgan fingerprint density at radius 2 is 1.91 bits per heavy atom. The lowest BCUT2D eigenvalue weighted by Crippen LogP contribution is -2.36. The Kier molecular flexibility index (Phi) is 6.26. The number of ether oxygens (including phenoxy) is 1. The summed E-state index contributed by atoms with van der Waals surface area (Å²) in [6.45, 7) is 6.51. The van der Waals surface area contributed by atoms with Crippen molar-refractivity contribution in [2.75, 3.05) is 0 Å². The molecule has 168 valence electrons. The number of carbonyl (C=O) groups is 1. The number of para-hydroxylation sites is 3. The number of nitro benzene ring substituents is 1. The number of rotatable bonds is 6. The van der Waals surface area contributed by atoms with E-state index in [9.17, 15) is 14.9 Å². The van der Waals surface area contributed by atoms with Crippen LogP contribution in [0.5, 0.6) is 0 Å². The number of esters is 1. The van der Waals surface area contributed by atoms with Crippen LogP contribution >= 0.6 is 0 Å². The maximum atomic E-state index is 13.1. The topological polar surface area (TPSA) is 87.3 Å². The lowest BCUT2D eigenvalue weighted by molar-refractivity contribution is -0.384. The Labute approximate surface area is 187 Å². The van der Waals surface area contributed by atoms with Gasteiger partial charge >= 0.3 is 5.97 Å². The zero-order valence-corrected chi connectivity index (χ0v) is 18.7. The molecule has 0 amide bonds. The second-order valence-electron chi connectivity index (χ2n) is 9.14. The molecule has 7 heteroatoms. The Balaban J connectivity index is 1.68. The number of imidazole rings is 1. The fourth-order valence-electron chi connectivity index (χ4n) is 4.85. The molecule has 1 unspecified atom stereocenters. The molecule has 3 aromatic rings. The maximum Gasteiger partial charge on any atom is 0.326 e. The molecule has 7 nitrogen and oxygen atoms in total. The van der Waals surface area contributed by atoms with E-state index in [2.05, 4.69) is 25.8 Å². The van der Waals surface area contributed by atoms with Crippen molar-refractivity contribution in [3.8, 4) is 11.4 Å². The first-order valence-corrected chi connectivity index (χ1v) is 11.2. The number of fused-ring (bicyclic) bond motifs is 1. The van der Waals surface area contributed by atoms with Crippen molar-refractivity contribution in [3.63, 3.8) is 0 Å². The van der Waals surface area contributed by atoms with Crippen molar-refractivity contribution in [3.05, 3.63) is 58.6 Å². The number of benzene rings is 2. The van der Waals surface area contributed by atoms with Gasteiger partial charge in [0.1, 0.15) is 18.5 Å². The molecule has 0 bridgehead atoms. The zero-order valence-electron chi connectivity index (χ0n) is 18.7. The first-order chi connectivity index (χ1) is 15.3. The Bertz CT molecular complexity index is 1140. The van der Waals surface area contributed by atoms with Crippen molar-refractivity contribution in [2.45, 2.75) is 52.7 Å². The van der Waals surface area contributed by atoms with E-state index in [1.54, 1.807) is 22.8 Å². The summed E-state index contributed by atoms with van der Waals surface area (Å²) in [6.07, 6.45) is 2.99. The summed E-state index contributed by atoms with van der Waals surface area (Å²) in [5, 5.41) is 11.6. The van der Waals surface area contributed by atoms with E-state index in [4.69, 9.17) is 4.74 Å². The van der Waals surface area contributed by atoms with Gasteiger partial charge in [0.2, 0.25) is 0 Å². The monoisotopic (exact) mass is 435 g/mol. The predicted octanol–water partition coefficient (Wildman–Crippen LogP) is 5.62. The van der Waals surface area contributed by atoms with Gasteiger partial charge in [0.05, 0.1) is 21.5 Å². The van der Waals surface area contributed by atoms with Crippen LogP contribution in [0.15, 0.2) is 48.5 Å². The predicted molar refractivity (Wildman–Crippen MR) is 123 cm³/mol. The number of hydrogen-bond acceptors (Lipinski definition) is 5. The zero-order chi connectivity index (χ0) is 22.8. The first kappa shape index (κ1) is 22.0. The standard InChI is InChI=1S/C25H29N3O4/c1-16(2)18-13-12-17(3)14-23(18)32-24(29)15-27-22-11-7-5-9-20(22)26-25(27)19-8-4-6-10-21(19)28(30)31/h4-11,16-18,23H,12-15H2,1-3H3/t17-,18+,23?/m1/s1. The van der Waals surface area contributed by atoms with E-state index in [1.807, 2.05) is 24.3 Å². The largest absolute Gasteiger partial charge is 0.461 e. The smallest absolute Gasteiger partial charge is 0.326 e. The molecule has 1 fully saturated rings. The number of hydrogen-bond donors (Lipinski definition) is 0. The van der Waals surface area contributed by atoms with Crippen LogP contribution in [-0.2, 0) is 16.1 Å². The number of nitrogens with zero attached hydrogens (tertiary/aromatic N) is 3. The van der Waals surface area contributed by atoms with E-state index < -0.39 is 4.92 Å². The average molecular weight is 436 g/mol. The van der Waals surface area contributed by atoms with Crippen LogP contribution in [-0.4, -0.2) is 26.5 Å². The highest BCUT2D eigenvalue weighted by atomic mass is 16.6. The molecule has 1 aliphatic carbocycles. The van der Waals surface area contributed by atoms with Gasteiger partial charge in [-0.1, -0.05) is 51.5 Å². The van der Waals surface area contributed by atoms with Crippen LogP contribution in [0.4, 0.5) is 5.69 Å². The summed E-state index contributed by atoms with van der Waals surface area (Å²) in [6, 6.07) is 13.9. The minimum atomic E-state index is -0.423. The van der Waals surface area contributed by atoms with Gasteiger partial charge in [-0.15, -0.1) is 0 Å². The third-order valence-electron chi connectivity index (χ3n) is 6.53. The van der Waals surface area contributed by atoms with Gasteiger partial charge in [-0.05, 0) is 48.8 Å². The van der Waals surface area contributed by atoms with Crippen LogP contribution in [0.25, 0.3) is 22.4 Å². The molecule has 3 atom stereocenters. The van der Waals surface area contributed by atoms with Crippen LogP contribution < -0.4 is 0 Å². The summed E-state index contributed by atoms with van der Waals surface area (Å²) in [4.78, 5) is 28.9. The molecule has 1 heterocycles. The summed E-state index contributed by atoms with van der Waals surface area (Å²) >= 11 is 0. The first-order valence-electron chi connectivity index (χ1n) is 11.2.